The van der Waals surface area contributed by atoms with Crippen LogP contribution >= 0.6 is 39.7 Å². The van der Waals surface area contributed by atoms with Gasteiger partial charge in [-0.3, -0.25) is 4.68 Å². The maximum atomic E-state index is 5.93. The molecule has 0 aliphatic rings. The minimum absolute atomic E-state index is 0.103. The SMILES string of the molecule is CC(NC(=S)Nc1nn(Cc2ccc(Cl)cc2)cc1Br)c1ccccc1. The Morgan fingerprint density at radius 2 is 1.88 bits per heavy atom. The zero-order valence-corrected chi connectivity index (χ0v) is 17.3. The van der Waals surface area contributed by atoms with Crippen molar-refractivity contribution in [2.75, 3.05) is 5.32 Å². The van der Waals surface area contributed by atoms with Crippen molar-refractivity contribution < 1.29 is 0 Å². The molecular weight excluding hydrogens is 432 g/mol. The van der Waals surface area contributed by atoms with Crippen molar-refractivity contribution in [3.05, 3.63) is 81.4 Å². The van der Waals surface area contributed by atoms with E-state index in [1.54, 1.807) is 0 Å². The van der Waals surface area contributed by atoms with Crippen LogP contribution in [0.3, 0.4) is 0 Å². The first-order valence-corrected chi connectivity index (χ1v) is 9.69. The molecule has 134 valence electrons. The molecule has 26 heavy (non-hydrogen) atoms. The fourth-order valence-corrected chi connectivity index (χ4v) is 3.32. The Kier molecular flexibility index (Phi) is 6.29. The molecule has 0 fully saturated rings. The number of halogens is 2. The summed E-state index contributed by atoms with van der Waals surface area (Å²) in [5.74, 6) is 0.678. The molecule has 1 aromatic heterocycles. The van der Waals surface area contributed by atoms with Gasteiger partial charge in [-0.15, -0.1) is 0 Å². The van der Waals surface area contributed by atoms with E-state index < -0.39 is 0 Å². The van der Waals surface area contributed by atoms with Crippen LogP contribution in [-0.4, -0.2) is 14.9 Å². The van der Waals surface area contributed by atoms with Gasteiger partial charge in [0.2, 0.25) is 0 Å². The highest BCUT2D eigenvalue weighted by Crippen LogP contribution is 2.21. The molecule has 2 N–H and O–H groups in total. The molecule has 1 unspecified atom stereocenters. The summed E-state index contributed by atoms with van der Waals surface area (Å²) in [5, 5.41) is 12.2. The quantitative estimate of drug-likeness (QED) is 0.512. The van der Waals surface area contributed by atoms with Gasteiger partial charge in [0.1, 0.15) is 0 Å². The van der Waals surface area contributed by atoms with Gasteiger partial charge < -0.3 is 10.6 Å². The van der Waals surface area contributed by atoms with Crippen LogP contribution in [0.25, 0.3) is 0 Å². The molecule has 0 aliphatic carbocycles. The fourth-order valence-electron chi connectivity index (χ4n) is 2.50. The molecular formula is C19H18BrClN4S. The minimum Gasteiger partial charge on any atom is -0.356 e. The lowest BCUT2D eigenvalue weighted by Gasteiger charge is -2.16. The summed E-state index contributed by atoms with van der Waals surface area (Å²) < 4.78 is 2.70. The maximum Gasteiger partial charge on any atom is 0.172 e. The smallest absolute Gasteiger partial charge is 0.172 e. The largest absolute Gasteiger partial charge is 0.356 e. The second-order valence-electron chi connectivity index (χ2n) is 5.88. The summed E-state index contributed by atoms with van der Waals surface area (Å²) in [7, 11) is 0. The molecule has 0 spiro atoms. The van der Waals surface area contributed by atoms with Crippen molar-refractivity contribution in [3.63, 3.8) is 0 Å². The van der Waals surface area contributed by atoms with Crippen LogP contribution in [0.5, 0.6) is 0 Å². The van der Waals surface area contributed by atoms with Crippen LogP contribution in [0.15, 0.2) is 65.3 Å². The van der Waals surface area contributed by atoms with Crippen LogP contribution in [0, 0.1) is 0 Å². The molecule has 1 heterocycles. The minimum atomic E-state index is 0.103. The molecule has 4 nitrogen and oxygen atoms in total. The van der Waals surface area contributed by atoms with Crippen LogP contribution in [-0.2, 0) is 6.54 Å². The number of anilines is 1. The Morgan fingerprint density at radius 3 is 2.58 bits per heavy atom. The van der Waals surface area contributed by atoms with Crippen LogP contribution < -0.4 is 10.6 Å². The van der Waals surface area contributed by atoms with Crippen LogP contribution in [0.2, 0.25) is 5.02 Å². The third kappa shape index (κ3) is 5.06. The average molecular weight is 450 g/mol. The van der Waals surface area contributed by atoms with E-state index in [-0.39, 0.29) is 6.04 Å². The number of thiocarbonyl (C=S) groups is 1. The third-order valence-electron chi connectivity index (χ3n) is 3.85. The molecule has 2 aromatic carbocycles. The lowest BCUT2D eigenvalue weighted by atomic mass is 10.1. The average Bonchev–Trinajstić information content (AvgIpc) is 2.96. The van der Waals surface area contributed by atoms with Gasteiger partial charge in [-0.05, 0) is 58.3 Å². The first-order valence-electron chi connectivity index (χ1n) is 8.11. The van der Waals surface area contributed by atoms with E-state index >= 15 is 0 Å². The molecule has 0 aliphatic heterocycles. The van der Waals surface area contributed by atoms with Crippen LogP contribution in [0.4, 0.5) is 5.82 Å². The number of hydrogen-bond acceptors (Lipinski definition) is 2. The van der Waals surface area contributed by atoms with Gasteiger partial charge >= 0.3 is 0 Å². The van der Waals surface area contributed by atoms with Crippen molar-refractivity contribution in [2.24, 2.45) is 0 Å². The van der Waals surface area contributed by atoms with Crippen LogP contribution in [0.1, 0.15) is 24.1 Å². The number of aromatic nitrogens is 2. The van der Waals surface area contributed by atoms with Crippen molar-refractivity contribution in [1.82, 2.24) is 15.1 Å². The summed E-state index contributed by atoms with van der Waals surface area (Å²) in [6.07, 6.45) is 1.92. The van der Waals surface area contributed by atoms with E-state index in [0.717, 1.165) is 15.1 Å². The number of benzene rings is 2. The predicted octanol–water partition coefficient (Wildman–Crippen LogP) is 5.39. The molecule has 0 saturated carbocycles. The normalized spacial score (nSPS) is 11.8. The Hall–Kier alpha value is -1.89. The standard InChI is InChI=1S/C19H18BrClN4S/c1-13(15-5-3-2-4-6-15)22-19(26)23-18-17(20)12-25(24-18)11-14-7-9-16(21)10-8-14/h2-10,12-13H,11H2,1H3,(H2,22,23,24,26). The molecule has 0 amide bonds. The van der Waals surface area contributed by atoms with E-state index in [9.17, 15) is 0 Å². The summed E-state index contributed by atoms with van der Waals surface area (Å²) in [4.78, 5) is 0. The molecule has 0 saturated heterocycles. The lowest BCUT2D eigenvalue weighted by Crippen LogP contribution is -2.31. The summed E-state index contributed by atoms with van der Waals surface area (Å²) in [6.45, 7) is 2.72. The number of rotatable bonds is 5. The summed E-state index contributed by atoms with van der Waals surface area (Å²) >= 11 is 14.9. The highest BCUT2D eigenvalue weighted by Gasteiger charge is 2.11. The Morgan fingerprint density at radius 1 is 1.19 bits per heavy atom. The topological polar surface area (TPSA) is 41.9 Å². The molecule has 0 bridgehead atoms. The van der Waals surface area contributed by atoms with Gasteiger partial charge in [0.05, 0.1) is 17.1 Å². The van der Waals surface area contributed by atoms with Gasteiger partial charge in [-0.1, -0.05) is 54.1 Å². The predicted molar refractivity (Wildman–Crippen MR) is 115 cm³/mol. The molecule has 1 atom stereocenters. The van der Waals surface area contributed by atoms with Gasteiger partial charge in [-0.2, -0.15) is 5.10 Å². The van der Waals surface area contributed by atoms with E-state index in [1.165, 1.54) is 5.56 Å². The molecule has 7 heteroatoms. The van der Waals surface area contributed by atoms with Gasteiger partial charge in [-0.25, -0.2) is 0 Å². The fraction of sp³-hybridized carbons (Fsp3) is 0.158. The second-order valence-corrected chi connectivity index (χ2v) is 7.58. The van der Waals surface area contributed by atoms with Crippen molar-refractivity contribution in [2.45, 2.75) is 19.5 Å². The second kappa shape index (κ2) is 8.66. The number of nitrogens with one attached hydrogen (secondary N) is 2. The summed E-state index contributed by atoms with van der Waals surface area (Å²) in [6, 6.07) is 18.0. The summed E-state index contributed by atoms with van der Waals surface area (Å²) in [5.41, 5.74) is 2.29. The van der Waals surface area contributed by atoms with Gasteiger partial charge in [0.25, 0.3) is 0 Å². The number of nitrogens with zero attached hydrogens (tertiary/aromatic N) is 2. The Balaban J connectivity index is 1.62. The van der Waals surface area contributed by atoms with E-state index in [4.69, 9.17) is 23.8 Å². The third-order valence-corrected chi connectivity index (χ3v) is 4.91. The first kappa shape index (κ1) is 18.9. The number of hydrogen-bond donors (Lipinski definition) is 2. The van der Waals surface area contributed by atoms with Crippen molar-refractivity contribution >= 4 is 50.7 Å². The van der Waals surface area contributed by atoms with E-state index in [1.807, 2.05) is 53.3 Å². The first-order chi connectivity index (χ1) is 12.5. The highest BCUT2D eigenvalue weighted by molar-refractivity contribution is 9.10. The maximum absolute atomic E-state index is 5.93. The van der Waals surface area contributed by atoms with Gasteiger partial charge in [0, 0.05) is 11.2 Å². The molecule has 0 radical (unpaired) electrons. The van der Waals surface area contributed by atoms with Crippen molar-refractivity contribution in [1.29, 1.82) is 0 Å². The van der Waals surface area contributed by atoms with E-state index in [0.29, 0.717) is 17.5 Å². The van der Waals surface area contributed by atoms with E-state index in [2.05, 4.69) is 50.7 Å². The Bertz CT molecular complexity index is 880. The Labute approximate surface area is 171 Å². The molecule has 3 aromatic rings. The van der Waals surface area contributed by atoms with Gasteiger partial charge in [0.15, 0.2) is 10.9 Å². The van der Waals surface area contributed by atoms with Crippen molar-refractivity contribution in [3.8, 4) is 0 Å². The monoisotopic (exact) mass is 448 g/mol. The zero-order chi connectivity index (χ0) is 18.5. The molecule has 3 rings (SSSR count). The zero-order valence-electron chi connectivity index (χ0n) is 14.1. The lowest BCUT2D eigenvalue weighted by molar-refractivity contribution is 0.688. The highest BCUT2D eigenvalue weighted by atomic mass is 79.9.